The Kier molecular flexibility index (Phi) is 7.50. The summed E-state index contributed by atoms with van der Waals surface area (Å²) in [7, 11) is -6.49. The van der Waals surface area contributed by atoms with Crippen LogP contribution in [0.15, 0.2) is 0 Å². The lowest BCUT2D eigenvalue weighted by Gasteiger charge is -2.47. The Morgan fingerprint density at radius 2 is 1.33 bits per heavy atom. The molecule has 3 N–H and O–H groups in total. The predicted molar refractivity (Wildman–Crippen MR) is 93.6 cm³/mol. The second kappa shape index (κ2) is 7.35. The maximum absolute atomic E-state index is 11.2. The molecule has 0 aliphatic heterocycles. The molecule has 0 aromatic rings. The molecule has 21 heavy (non-hydrogen) atoms. The van der Waals surface area contributed by atoms with Crippen LogP contribution in [-0.2, 0) is 8.23 Å². The molecule has 0 amide bonds. The third-order valence-corrected chi connectivity index (χ3v) is 12.2. The molecule has 0 saturated carbocycles. The Morgan fingerprint density at radius 3 is 1.57 bits per heavy atom. The van der Waals surface area contributed by atoms with Gasteiger partial charge in [0, 0.05) is 0 Å². The van der Waals surface area contributed by atoms with E-state index in [4.69, 9.17) is 8.23 Å². The van der Waals surface area contributed by atoms with E-state index in [1.165, 1.54) is 6.92 Å². The first kappa shape index (κ1) is 21.5. The number of aliphatic hydroxyl groups excluding tert-OH is 1. The average molecular weight is 355 g/mol. The van der Waals surface area contributed by atoms with E-state index >= 15 is 0 Å². The molecule has 0 saturated heterocycles. The summed E-state index contributed by atoms with van der Waals surface area (Å²) in [6.45, 7) is 15.1. The summed E-state index contributed by atoms with van der Waals surface area (Å²) in [4.78, 5) is 0. The van der Waals surface area contributed by atoms with Crippen LogP contribution in [0.1, 0.15) is 26.7 Å². The first-order chi connectivity index (χ1) is 9.18. The van der Waals surface area contributed by atoms with Gasteiger partial charge in [0.15, 0.2) is 16.6 Å². The van der Waals surface area contributed by atoms with Crippen LogP contribution in [0.25, 0.3) is 0 Å². The first-order valence-corrected chi connectivity index (χ1v) is 15.9. The van der Waals surface area contributed by atoms with E-state index in [0.29, 0.717) is 12.8 Å². The van der Waals surface area contributed by atoms with E-state index in [2.05, 4.69) is 0 Å². The molecule has 0 heterocycles. The molecule has 0 fully saturated rings. The summed E-state index contributed by atoms with van der Waals surface area (Å²) in [5, 5.41) is 29.7. The van der Waals surface area contributed by atoms with E-state index in [1.54, 1.807) is 0 Å². The highest BCUT2D eigenvalue weighted by molar-refractivity contribution is 6.81. The Labute approximate surface area is 133 Å². The molecule has 0 aliphatic carbocycles. The fourth-order valence-electron chi connectivity index (χ4n) is 2.02. The normalized spacial score (nSPS) is 19.4. The van der Waals surface area contributed by atoms with Gasteiger partial charge in [0.2, 0.25) is 0 Å². The molecule has 0 radical (unpaired) electrons. The minimum absolute atomic E-state index is 0.354. The van der Waals surface area contributed by atoms with Crippen molar-refractivity contribution in [1.29, 1.82) is 0 Å². The van der Waals surface area contributed by atoms with Gasteiger partial charge in [-0.25, -0.2) is 0 Å². The van der Waals surface area contributed by atoms with Crippen LogP contribution in [0, 0.1) is 0 Å². The highest BCUT2D eigenvalue weighted by Gasteiger charge is 2.55. The Morgan fingerprint density at radius 1 is 0.952 bits per heavy atom. The van der Waals surface area contributed by atoms with Crippen LogP contribution < -0.4 is 0 Å². The lowest BCUT2D eigenvalue weighted by molar-refractivity contribution is -0.133. The topological polar surface area (TPSA) is 79.2 Å². The van der Waals surface area contributed by atoms with Gasteiger partial charge in [0.25, 0.3) is 0 Å². The highest BCUT2D eigenvalue weighted by atomic mass is 28.4. The van der Waals surface area contributed by atoms with E-state index in [9.17, 15) is 15.3 Å². The van der Waals surface area contributed by atoms with E-state index in [-0.39, 0.29) is 0 Å². The summed E-state index contributed by atoms with van der Waals surface area (Å²) in [6.07, 6.45) is 1.03. The minimum Gasteiger partial charge on any atom is -0.437 e. The van der Waals surface area contributed by atoms with Gasteiger partial charge in [-0.2, -0.15) is 0 Å². The number of rotatable bonds is 9. The van der Waals surface area contributed by atoms with Gasteiger partial charge < -0.3 is 23.5 Å². The van der Waals surface area contributed by atoms with Crippen LogP contribution in [0.4, 0.5) is 0 Å². The van der Waals surface area contributed by atoms with Crippen LogP contribution in [0.3, 0.4) is 0 Å². The smallest absolute Gasteiger partial charge is 0.336 e. The molecular formula is C13H34O5Si3. The highest BCUT2D eigenvalue weighted by Crippen LogP contribution is 2.33. The van der Waals surface area contributed by atoms with Crippen molar-refractivity contribution in [2.24, 2.45) is 0 Å². The summed E-state index contributed by atoms with van der Waals surface area (Å²) >= 11 is 0. The van der Waals surface area contributed by atoms with Gasteiger partial charge in [-0.15, -0.1) is 0 Å². The van der Waals surface area contributed by atoms with Crippen molar-refractivity contribution >= 4 is 25.9 Å². The van der Waals surface area contributed by atoms with Gasteiger partial charge in [0.1, 0.15) is 10.8 Å². The van der Waals surface area contributed by atoms with Crippen molar-refractivity contribution < 1.29 is 23.5 Å². The van der Waals surface area contributed by atoms with Gasteiger partial charge in [-0.05, 0) is 52.6 Å². The molecule has 0 aliphatic rings. The maximum atomic E-state index is 11.2. The summed E-state index contributed by atoms with van der Waals surface area (Å²) < 4.78 is 12.4. The van der Waals surface area contributed by atoms with Crippen LogP contribution in [-0.4, -0.2) is 58.7 Å². The Bertz CT molecular complexity index is 309. The largest absolute Gasteiger partial charge is 0.437 e. The Hall–Kier alpha value is 0.451. The average Bonchev–Trinajstić information content (AvgIpc) is 2.24. The molecule has 2 unspecified atom stereocenters. The molecule has 128 valence electrons. The second-order valence-corrected chi connectivity index (χ2v) is 19.9. The van der Waals surface area contributed by atoms with Crippen molar-refractivity contribution in [2.75, 3.05) is 6.61 Å². The van der Waals surface area contributed by atoms with Crippen LogP contribution >= 0.6 is 0 Å². The fraction of sp³-hybridized carbons (Fsp3) is 1.00. The van der Waals surface area contributed by atoms with Crippen LogP contribution in [0.5, 0.6) is 0 Å². The van der Waals surface area contributed by atoms with Crippen molar-refractivity contribution in [1.82, 2.24) is 0 Å². The minimum atomic E-state index is -2.61. The lowest BCUT2D eigenvalue weighted by Crippen LogP contribution is -2.68. The van der Waals surface area contributed by atoms with Crippen molar-refractivity contribution in [3.63, 3.8) is 0 Å². The monoisotopic (exact) mass is 354 g/mol. The number of aliphatic hydroxyl groups is 3. The van der Waals surface area contributed by atoms with Gasteiger partial charge >= 0.3 is 9.28 Å². The van der Waals surface area contributed by atoms with E-state index in [1.807, 2.05) is 46.2 Å². The van der Waals surface area contributed by atoms with Crippen LogP contribution in [0.2, 0.25) is 39.3 Å². The third-order valence-electron chi connectivity index (χ3n) is 3.18. The molecule has 8 heteroatoms. The zero-order chi connectivity index (χ0) is 17.1. The van der Waals surface area contributed by atoms with E-state index in [0.717, 1.165) is 0 Å². The SMILES string of the molecule is CCCC(O)([SiH](O[Si](C)(C)C)O[Si](C)(C)C)C(C)(O)CO. The molecule has 0 aromatic carbocycles. The Balaban J connectivity index is 5.68. The van der Waals surface area contributed by atoms with Gasteiger partial charge in [-0.3, -0.25) is 0 Å². The zero-order valence-electron chi connectivity index (χ0n) is 14.9. The van der Waals surface area contributed by atoms with Gasteiger partial charge in [0.05, 0.1) is 6.61 Å². The fourth-order valence-corrected chi connectivity index (χ4v) is 10.5. The quantitative estimate of drug-likeness (QED) is 0.550. The molecule has 0 bridgehead atoms. The molecule has 5 nitrogen and oxygen atoms in total. The van der Waals surface area contributed by atoms with Gasteiger partial charge in [-0.1, -0.05) is 13.3 Å². The lowest BCUT2D eigenvalue weighted by atomic mass is 9.95. The van der Waals surface area contributed by atoms with Crippen molar-refractivity contribution in [2.45, 2.75) is 76.8 Å². The molecule has 0 spiro atoms. The molecule has 0 rings (SSSR count). The summed E-state index contributed by atoms with van der Waals surface area (Å²) in [5.74, 6) is 0. The number of hydrogen-bond acceptors (Lipinski definition) is 5. The summed E-state index contributed by atoms with van der Waals surface area (Å²) in [5.41, 5.74) is -1.63. The molecule has 0 aromatic heterocycles. The number of hydrogen-bond donors (Lipinski definition) is 3. The second-order valence-electron chi connectivity index (χ2n) is 7.90. The standard InChI is InChI=1S/C13H34O5Si3/c1-9-10-13(16,12(2,15)11-14)19(17-20(3,4)5)18-21(6,7)8/h14-16,19H,9-11H2,1-8H3. The maximum Gasteiger partial charge on any atom is 0.336 e. The summed E-state index contributed by atoms with van der Waals surface area (Å²) in [6, 6.07) is 0. The predicted octanol–water partition coefficient (Wildman–Crippen LogP) is 1.72. The first-order valence-electron chi connectivity index (χ1n) is 7.60. The van der Waals surface area contributed by atoms with E-state index < -0.39 is 43.4 Å². The molecule has 2 atom stereocenters. The van der Waals surface area contributed by atoms with Crippen molar-refractivity contribution in [3.8, 4) is 0 Å². The molecular weight excluding hydrogens is 320 g/mol. The third kappa shape index (κ3) is 6.61. The van der Waals surface area contributed by atoms with Crippen molar-refractivity contribution in [3.05, 3.63) is 0 Å². The zero-order valence-corrected chi connectivity index (χ0v) is 18.0.